The van der Waals surface area contributed by atoms with Gasteiger partial charge in [-0.2, -0.15) is 0 Å². The van der Waals surface area contributed by atoms with E-state index in [0.717, 1.165) is 0 Å². The maximum atomic E-state index is 12.7. The number of carbonyl (C=O) groups is 2. The van der Waals surface area contributed by atoms with Crippen molar-refractivity contribution in [1.82, 2.24) is 20.6 Å². The van der Waals surface area contributed by atoms with Crippen LogP contribution in [0.2, 0.25) is 0 Å². The molecule has 29 heavy (non-hydrogen) atoms. The summed E-state index contributed by atoms with van der Waals surface area (Å²) in [4.78, 5) is 30.9. The molecule has 12 heteroatoms. The number of carbonyl (C=O) groups excluding carboxylic acids is 1. The lowest BCUT2D eigenvalue weighted by atomic mass is 9.95. The van der Waals surface area contributed by atoms with E-state index in [1.165, 1.54) is 12.4 Å². The quantitative estimate of drug-likeness (QED) is 0.204. The third-order valence-corrected chi connectivity index (χ3v) is 4.78. The Morgan fingerprint density at radius 3 is 2.62 bits per heavy atom. The van der Waals surface area contributed by atoms with Gasteiger partial charge in [-0.1, -0.05) is 13.8 Å². The molecule has 1 amide bonds. The van der Waals surface area contributed by atoms with Gasteiger partial charge in [0, 0.05) is 18.8 Å². The molecule has 0 bridgehead atoms. The van der Waals surface area contributed by atoms with Crippen LogP contribution in [0.25, 0.3) is 0 Å². The van der Waals surface area contributed by atoms with Crippen LogP contribution < -0.4 is 10.6 Å². The fourth-order valence-electron chi connectivity index (χ4n) is 3.00. The van der Waals surface area contributed by atoms with E-state index in [9.17, 15) is 35.1 Å². The first kappa shape index (κ1) is 23.2. The molecule has 1 aliphatic rings. The molecule has 2 rings (SSSR count). The summed E-state index contributed by atoms with van der Waals surface area (Å²) in [6.45, 7) is 2.57. The topological polar surface area (TPSA) is 197 Å². The predicted octanol–water partition coefficient (Wildman–Crippen LogP) is -3.06. The second-order valence-corrected chi connectivity index (χ2v) is 7.40. The Labute approximate surface area is 166 Å². The Hall–Kier alpha value is -2.09. The summed E-state index contributed by atoms with van der Waals surface area (Å²) in [7, 11) is 0. The Morgan fingerprint density at radius 1 is 1.38 bits per heavy atom. The Kier molecular flexibility index (Phi) is 7.68. The van der Waals surface area contributed by atoms with Crippen molar-refractivity contribution in [3.8, 4) is 0 Å². The summed E-state index contributed by atoms with van der Waals surface area (Å²) in [6.07, 6.45) is -1.82. The minimum atomic E-state index is -2.23. The number of aromatic amines is 1. The molecule has 0 saturated carbocycles. The largest absolute Gasteiger partial charge is 0.480 e. The maximum absolute atomic E-state index is 12.7. The van der Waals surface area contributed by atoms with Gasteiger partial charge in [-0.25, -0.2) is 9.78 Å². The Morgan fingerprint density at radius 2 is 2.07 bits per heavy atom. The van der Waals surface area contributed by atoms with Gasteiger partial charge in [-0.05, 0) is 5.92 Å². The molecule has 8 N–H and O–H groups in total. The number of aromatic nitrogens is 2. The van der Waals surface area contributed by atoms with E-state index >= 15 is 0 Å². The van der Waals surface area contributed by atoms with Crippen LogP contribution in [0.5, 0.6) is 0 Å². The van der Waals surface area contributed by atoms with Crippen LogP contribution in [0.4, 0.5) is 0 Å². The highest BCUT2D eigenvalue weighted by Crippen LogP contribution is 2.23. The molecule has 1 saturated heterocycles. The van der Waals surface area contributed by atoms with Crippen molar-refractivity contribution in [3.63, 3.8) is 0 Å². The number of aliphatic hydroxyl groups is 4. The van der Waals surface area contributed by atoms with Gasteiger partial charge >= 0.3 is 5.97 Å². The van der Waals surface area contributed by atoms with Crippen molar-refractivity contribution in [2.45, 2.75) is 56.5 Å². The van der Waals surface area contributed by atoms with Gasteiger partial charge in [-0.15, -0.1) is 0 Å². The number of aliphatic carboxylic acids is 1. The normalized spacial score (nSPS) is 29.4. The minimum Gasteiger partial charge on any atom is -0.480 e. The van der Waals surface area contributed by atoms with E-state index in [0.29, 0.717) is 5.82 Å². The van der Waals surface area contributed by atoms with Gasteiger partial charge in [0.2, 0.25) is 11.7 Å². The number of ether oxygens (including phenoxy) is 1. The molecule has 1 aromatic rings. The number of hydrogen-bond acceptors (Lipinski definition) is 9. The van der Waals surface area contributed by atoms with Gasteiger partial charge in [0.25, 0.3) is 0 Å². The standard InChI is InChI=1S/C17H28N4O8/c1-8(2)12(20-7-17(28)14(24)13(23)10(22)6-29-17)15(25)21-9(16(26)27)5-11-18-3-4-19-11/h3-4,8-10,12-14,20,22-24,28H,5-7H2,1-2H3,(H,18,19)(H,21,25)(H,26,27)/t9?,10-,12+,13-,14+,17-/m1/s1. The van der Waals surface area contributed by atoms with Gasteiger partial charge in [-0.3, -0.25) is 4.79 Å². The average Bonchev–Trinajstić information content (AvgIpc) is 3.16. The third kappa shape index (κ3) is 5.72. The summed E-state index contributed by atoms with van der Waals surface area (Å²) in [5, 5.41) is 54.2. The lowest BCUT2D eigenvalue weighted by Gasteiger charge is -2.42. The molecule has 1 aliphatic heterocycles. The molecule has 1 fully saturated rings. The molecular formula is C17H28N4O8. The SMILES string of the molecule is CC(C)[C@H](NC[C@@]1(O)OC[C@@H](O)[C@@H](O)[C@@H]1O)C(=O)NC(Cc1ncc[nH]1)C(=O)O. The molecule has 164 valence electrons. The van der Waals surface area contributed by atoms with Crippen LogP contribution in [0.15, 0.2) is 12.4 Å². The van der Waals surface area contributed by atoms with Crippen LogP contribution in [0.1, 0.15) is 19.7 Å². The van der Waals surface area contributed by atoms with E-state index in [-0.39, 0.29) is 12.3 Å². The summed E-state index contributed by atoms with van der Waals surface area (Å²) in [6, 6.07) is -2.16. The number of hydrogen-bond donors (Lipinski definition) is 8. The number of aliphatic hydroxyl groups excluding tert-OH is 3. The highest BCUT2D eigenvalue weighted by molar-refractivity contribution is 5.87. The number of amides is 1. The van der Waals surface area contributed by atoms with Crippen molar-refractivity contribution in [2.75, 3.05) is 13.2 Å². The lowest BCUT2D eigenvalue weighted by Crippen LogP contribution is -2.66. The summed E-state index contributed by atoms with van der Waals surface area (Å²) < 4.78 is 5.05. The first-order valence-corrected chi connectivity index (χ1v) is 9.20. The second kappa shape index (κ2) is 9.61. The summed E-state index contributed by atoms with van der Waals surface area (Å²) >= 11 is 0. The maximum Gasteiger partial charge on any atom is 0.326 e. The molecule has 0 radical (unpaired) electrons. The van der Waals surface area contributed by atoms with Crippen LogP contribution in [0.3, 0.4) is 0 Å². The van der Waals surface area contributed by atoms with Crippen LogP contribution in [-0.2, 0) is 20.7 Å². The Bertz CT molecular complexity index is 685. The highest BCUT2D eigenvalue weighted by atomic mass is 16.6. The fraction of sp³-hybridized carbons (Fsp3) is 0.706. The molecule has 2 heterocycles. The number of rotatable bonds is 9. The van der Waals surface area contributed by atoms with Crippen molar-refractivity contribution in [3.05, 3.63) is 18.2 Å². The predicted molar refractivity (Wildman–Crippen MR) is 97.4 cm³/mol. The van der Waals surface area contributed by atoms with Crippen molar-refractivity contribution in [1.29, 1.82) is 0 Å². The summed E-state index contributed by atoms with van der Waals surface area (Å²) in [5.74, 6) is -4.01. The smallest absolute Gasteiger partial charge is 0.326 e. The van der Waals surface area contributed by atoms with E-state index in [1.54, 1.807) is 13.8 Å². The van der Waals surface area contributed by atoms with Crippen molar-refractivity contribution < 1.29 is 39.9 Å². The number of imidazole rings is 1. The first-order chi connectivity index (χ1) is 13.5. The van der Waals surface area contributed by atoms with Crippen molar-refractivity contribution in [2.24, 2.45) is 5.92 Å². The monoisotopic (exact) mass is 416 g/mol. The van der Waals surface area contributed by atoms with Crippen molar-refractivity contribution >= 4 is 11.9 Å². The van der Waals surface area contributed by atoms with E-state index < -0.39 is 61.2 Å². The summed E-state index contributed by atoms with van der Waals surface area (Å²) in [5.41, 5.74) is 0. The Balaban J connectivity index is 2.02. The van der Waals surface area contributed by atoms with Crippen LogP contribution in [0, 0.1) is 5.92 Å². The molecule has 0 spiro atoms. The number of carboxylic acids is 1. The third-order valence-electron chi connectivity index (χ3n) is 4.78. The van der Waals surface area contributed by atoms with Gasteiger partial charge in [0.05, 0.1) is 19.2 Å². The van der Waals surface area contributed by atoms with E-state index in [4.69, 9.17) is 4.74 Å². The minimum absolute atomic E-state index is 0.0469. The number of carboxylic acid groups (broad SMARTS) is 1. The molecular weight excluding hydrogens is 388 g/mol. The number of nitrogens with one attached hydrogen (secondary N) is 3. The van der Waals surface area contributed by atoms with Gasteiger partial charge in [0.1, 0.15) is 30.2 Å². The zero-order valence-electron chi connectivity index (χ0n) is 16.1. The van der Waals surface area contributed by atoms with Gasteiger partial charge in [0.15, 0.2) is 0 Å². The lowest BCUT2D eigenvalue weighted by molar-refractivity contribution is -0.318. The van der Waals surface area contributed by atoms with E-state index in [2.05, 4.69) is 20.6 Å². The van der Waals surface area contributed by atoms with Crippen LogP contribution in [-0.4, -0.2) is 96.7 Å². The highest BCUT2D eigenvalue weighted by Gasteiger charge is 2.48. The molecule has 0 aliphatic carbocycles. The van der Waals surface area contributed by atoms with Crippen LogP contribution >= 0.6 is 0 Å². The molecule has 6 atom stereocenters. The molecule has 0 aromatic carbocycles. The van der Waals surface area contributed by atoms with E-state index in [1.807, 2.05) is 0 Å². The zero-order valence-corrected chi connectivity index (χ0v) is 16.1. The molecule has 1 unspecified atom stereocenters. The van der Waals surface area contributed by atoms with Gasteiger partial charge < -0.3 is 45.9 Å². The number of H-pyrrole nitrogens is 1. The fourth-order valence-corrected chi connectivity index (χ4v) is 3.00. The second-order valence-electron chi connectivity index (χ2n) is 7.40. The number of nitrogens with zero attached hydrogens (tertiary/aromatic N) is 1. The zero-order chi connectivity index (χ0) is 21.8. The first-order valence-electron chi connectivity index (χ1n) is 9.20. The molecule has 12 nitrogen and oxygen atoms in total. The molecule has 1 aromatic heterocycles. The average molecular weight is 416 g/mol.